The van der Waals surface area contributed by atoms with E-state index in [1.165, 1.54) is 19.0 Å². The van der Waals surface area contributed by atoms with Crippen LogP contribution in [0.3, 0.4) is 0 Å². The summed E-state index contributed by atoms with van der Waals surface area (Å²) in [5.74, 6) is 0.411. The van der Waals surface area contributed by atoms with Gasteiger partial charge in [0.25, 0.3) is 5.91 Å². The number of nitrogens with two attached hydrogens (primary N) is 1. The molecular formula is C20H31N5O3. The summed E-state index contributed by atoms with van der Waals surface area (Å²) in [5, 5.41) is 16.6. The average molecular weight is 390 g/mol. The van der Waals surface area contributed by atoms with Crippen molar-refractivity contribution in [3.05, 3.63) is 11.8 Å². The van der Waals surface area contributed by atoms with Gasteiger partial charge in [-0.05, 0) is 64.2 Å². The predicted octanol–water partition coefficient (Wildman–Crippen LogP) is 2.19. The number of carbonyl (C=O) groups excluding carboxylic acids is 1. The third-order valence-electron chi connectivity index (χ3n) is 5.96. The van der Waals surface area contributed by atoms with Gasteiger partial charge in [0, 0.05) is 18.3 Å². The van der Waals surface area contributed by atoms with Crippen LogP contribution >= 0.6 is 0 Å². The zero-order chi connectivity index (χ0) is 19.5. The van der Waals surface area contributed by atoms with E-state index in [1.54, 1.807) is 0 Å². The first kappa shape index (κ1) is 19.4. The maximum absolute atomic E-state index is 11.8. The fourth-order valence-electron chi connectivity index (χ4n) is 4.23. The lowest BCUT2D eigenvalue weighted by molar-refractivity contribution is 0.0146. The Hall–Kier alpha value is -1.93. The maximum atomic E-state index is 11.8. The fourth-order valence-corrected chi connectivity index (χ4v) is 4.23. The van der Waals surface area contributed by atoms with Crippen LogP contribution in [0.2, 0.25) is 0 Å². The fraction of sp³-hybridized carbons (Fsp3) is 0.750. The number of aromatic nitrogens is 2. The smallest absolute Gasteiger partial charge is 0.254 e. The number of nitrogens with one attached hydrogen (secondary N) is 2. The molecule has 0 aromatic carbocycles. The first-order valence-corrected chi connectivity index (χ1v) is 10.6. The Balaban J connectivity index is 1.37. The molecule has 8 nitrogen and oxygen atoms in total. The number of carbonyl (C=O) groups is 1. The Kier molecular flexibility index (Phi) is 5.96. The third-order valence-corrected chi connectivity index (χ3v) is 5.96. The van der Waals surface area contributed by atoms with Gasteiger partial charge < -0.3 is 26.2 Å². The summed E-state index contributed by atoms with van der Waals surface area (Å²) < 4.78 is 6.01. The molecular weight excluding hydrogens is 358 g/mol. The van der Waals surface area contributed by atoms with Crippen molar-refractivity contribution in [1.82, 2.24) is 9.97 Å². The number of anilines is 2. The van der Waals surface area contributed by atoms with E-state index in [2.05, 4.69) is 20.6 Å². The molecule has 3 aliphatic rings. The molecule has 0 unspecified atom stereocenters. The van der Waals surface area contributed by atoms with Gasteiger partial charge in [0.2, 0.25) is 5.95 Å². The van der Waals surface area contributed by atoms with Gasteiger partial charge in [0.15, 0.2) is 0 Å². The van der Waals surface area contributed by atoms with Gasteiger partial charge in [-0.3, -0.25) is 4.79 Å². The molecule has 0 radical (unpaired) electrons. The van der Waals surface area contributed by atoms with Gasteiger partial charge >= 0.3 is 0 Å². The largest absolute Gasteiger partial charge is 0.393 e. The number of ether oxygens (including phenoxy) is 1. The van der Waals surface area contributed by atoms with Gasteiger partial charge in [-0.1, -0.05) is 0 Å². The normalized spacial score (nSPS) is 30.6. The van der Waals surface area contributed by atoms with Crippen LogP contribution in [0, 0.1) is 0 Å². The van der Waals surface area contributed by atoms with Crippen molar-refractivity contribution in [2.75, 3.05) is 10.6 Å². The van der Waals surface area contributed by atoms with Crippen molar-refractivity contribution in [2.24, 2.45) is 5.73 Å². The minimum absolute atomic E-state index is 0.0830. The Labute approximate surface area is 165 Å². The van der Waals surface area contributed by atoms with Crippen LogP contribution in [0.25, 0.3) is 0 Å². The van der Waals surface area contributed by atoms with E-state index < -0.39 is 5.91 Å². The van der Waals surface area contributed by atoms with E-state index in [9.17, 15) is 9.90 Å². The van der Waals surface area contributed by atoms with Crippen molar-refractivity contribution in [2.45, 2.75) is 94.6 Å². The number of primary amides is 1. The first-order valence-electron chi connectivity index (χ1n) is 10.6. The first-order chi connectivity index (χ1) is 13.6. The topological polar surface area (TPSA) is 122 Å². The molecule has 2 atom stereocenters. The highest BCUT2D eigenvalue weighted by atomic mass is 16.5. The second-order valence-corrected chi connectivity index (χ2v) is 8.44. The zero-order valence-electron chi connectivity index (χ0n) is 16.3. The zero-order valence-corrected chi connectivity index (χ0v) is 16.3. The van der Waals surface area contributed by atoms with Crippen LogP contribution in [-0.2, 0) is 4.74 Å². The molecule has 1 heterocycles. The third kappa shape index (κ3) is 5.11. The predicted molar refractivity (Wildman–Crippen MR) is 106 cm³/mol. The number of hydrogen-bond donors (Lipinski definition) is 4. The molecule has 154 valence electrons. The summed E-state index contributed by atoms with van der Waals surface area (Å²) in [7, 11) is 0. The lowest BCUT2D eigenvalue weighted by atomic mass is 9.93. The molecule has 3 aliphatic carbocycles. The highest BCUT2D eigenvalue weighted by Gasteiger charge is 2.29. The number of rotatable bonds is 7. The molecule has 1 amide bonds. The summed E-state index contributed by atoms with van der Waals surface area (Å²) >= 11 is 0. The van der Waals surface area contributed by atoms with Gasteiger partial charge in [0.05, 0.1) is 23.9 Å². The van der Waals surface area contributed by atoms with Gasteiger partial charge in [-0.2, -0.15) is 4.98 Å². The Morgan fingerprint density at radius 1 is 1.04 bits per heavy atom. The van der Waals surface area contributed by atoms with Crippen LogP contribution in [0.4, 0.5) is 11.8 Å². The van der Waals surface area contributed by atoms with E-state index in [0.717, 1.165) is 44.9 Å². The second kappa shape index (κ2) is 8.61. The molecule has 0 bridgehead atoms. The SMILES string of the molecule is NC(=O)c1cnc(NC2CCC(OC3CC3)CC2)nc1N[C@@H]1CCC[C@H](O)C1. The molecule has 3 fully saturated rings. The minimum Gasteiger partial charge on any atom is -0.393 e. The van der Waals surface area contributed by atoms with Crippen LogP contribution in [0.5, 0.6) is 0 Å². The molecule has 1 aromatic heterocycles. The average Bonchev–Trinajstić information content (AvgIpc) is 3.47. The molecule has 4 rings (SSSR count). The van der Waals surface area contributed by atoms with Gasteiger partial charge in [0.1, 0.15) is 5.82 Å². The van der Waals surface area contributed by atoms with E-state index in [1.807, 2.05) is 0 Å². The molecule has 28 heavy (non-hydrogen) atoms. The van der Waals surface area contributed by atoms with Gasteiger partial charge in [-0.15, -0.1) is 0 Å². The van der Waals surface area contributed by atoms with E-state index >= 15 is 0 Å². The maximum Gasteiger partial charge on any atom is 0.254 e. The van der Waals surface area contributed by atoms with Crippen molar-refractivity contribution in [1.29, 1.82) is 0 Å². The van der Waals surface area contributed by atoms with E-state index in [-0.39, 0.29) is 17.7 Å². The molecule has 0 aliphatic heterocycles. The number of hydrogen-bond acceptors (Lipinski definition) is 7. The monoisotopic (exact) mass is 389 g/mol. The van der Waals surface area contributed by atoms with Gasteiger partial charge in [-0.25, -0.2) is 4.98 Å². The van der Waals surface area contributed by atoms with E-state index in [4.69, 9.17) is 10.5 Å². The summed E-state index contributed by atoms with van der Waals surface area (Å²) in [5.41, 5.74) is 5.78. The van der Waals surface area contributed by atoms with Crippen molar-refractivity contribution >= 4 is 17.7 Å². The Morgan fingerprint density at radius 2 is 1.75 bits per heavy atom. The molecule has 8 heteroatoms. The number of amides is 1. The van der Waals surface area contributed by atoms with E-state index in [0.29, 0.717) is 36.4 Å². The summed E-state index contributed by atoms with van der Waals surface area (Å²) in [6, 6.07) is 0.391. The molecule has 0 saturated heterocycles. The highest BCUT2D eigenvalue weighted by molar-refractivity contribution is 5.97. The summed E-state index contributed by atoms with van der Waals surface area (Å²) in [6.07, 6.45) is 12.0. The summed E-state index contributed by atoms with van der Waals surface area (Å²) in [4.78, 5) is 20.6. The van der Waals surface area contributed by atoms with Crippen LogP contribution in [-0.4, -0.2) is 51.4 Å². The Morgan fingerprint density at radius 3 is 2.39 bits per heavy atom. The Bertz CT molecular complexity index is 688. The number of aliphatic hydroxyl groups excluding tert-OH is 1. The second-order valence-electron chi connectivity index (χ2n) is 8.44. The minimum atomic E-state index is -0.553. The van der Waals surface area contributed by atoms with Crippen molar-refractivity contribution < 1.29 is 14.6 Å². The van der Waals surface area contributed by atoms with Crippen LogP contribution in [0.1, 0.15) is 74.6 Å². The lowest BCUT2D eigenvalue weighted by Gasteiger charge is -2.30. The van der Waals surface area contributed by atoms with Crippen LogP contribution < -0.4 is 16.4 Å². The lowest BCUT2D eigenvalue weighted by Crippen LogP contribution is -2.32. The highest BCUT2D eigenvalue weighted by Crippen LogP contribution is 2.31. The van der Waals surface area contributed by atoms with Crippen molar-refractivity contribution in [3.8, 4) is 0 Å². The number of nitrogens with zero attached hydrogens (tertiary/aromatic N) is 2. The molecule has 0 spiro atoms. The number of aliphatic hydroxyl groups is 1. The quantitative estimate of drug-likeness (QED) is 0.564. The molecule has 3 saturated carbocycles. The summed E-state index contributed by atoms with van der Waals surface area (Å²) in [6.45, 7) is 0. The van der Waals surface area contributed by atoms with Crippen LogP contribution in [0.15, 0.2) is 6.20 Å². The molecule has 1 aromatic rings. The molecule has 5 N–H and O–H groups in total. The van der Waals surface area contributed by atoms with Crippen molar-refractivity contribution in [3.63, 3.8) is 0 Å². The standard InChI is InChI=1S/C20H31N5O3/c21-18(27)17-11-22-20(25-19(17)23-13-2-1-3-14(26)10-13)24-12-4-6-15(7-5-12)28-16-8-9-16/h11-16,26H,1-10H2,(H2,21,27)(H2,22,23,24,25)/t12?,13-,14+,15?/m1/s1.